The summed E-state index contributed by atoms with van der Waals surface area (Å²) in [5.41, 5.74) is 0.787. The van der Waals surface area contributed by atoms with Crippen LogP contribution in [0.5, 0.6) is 0 Å². The zero-order valence-electron chi connectivity index (χ0n) is 17.2. The van der Waals surface area contributed by atoms with Crippen molar-refractivity contribution in [1.82, 2.24) is 24.8 Å². The van der Waals surface area contributed by atoms with E-state index in [4.69, 9.17) is 0 Å². The molecule has 3 heterocycles. The molecule has 0 saturated carbocycles. The summed E-state index contributed by atoms with van der Waals surface area (Å²) in [6.45, 7) is 3.23. The van der Waals surface area contributed by atoms with E-state index in [0.29, 0.717) is 44.8 Å². The number of benzene rings is 1. The van der Waals surface area contributed by atoms with Gasteiger partial charge < -0.3 is 15.1 Å². The van der Waals surface area contributed by atoms with Crippen LogP contribution in [0, 0.1) is 0 Å². The molecule has 4 rings (SSSR count). The second kappa shape index (κ2) is 8.83. The minimum Gasteiger partial charge on any atom is -0.368 e. The van der Waals surface area contributed by atoms with Crippen LogP contribution in [-0.4, -0.2) is 65.2 Å². The Morgan fingerprint density at radius 3 is 2.61 bits per heavy atom. The van der Waals surface area contributed by atoms with Gasteiger partial charge in [0.1, 0.15) is 5.82 Å². The van der Waals surface area contributed by atoms with Crippen LogP contribution >= 0.6 is 0 Å². The number of nitrogens with zero attached hydrogens (tertiary/aromatic N) is 6. The number of nitrogens with one attached hydrogen (secondary N) is 1. The Labute approximate surface area is 178 Å². The number of piperazine rings is 1. The number of halogens is 3. The molecule has 1 aliphatic heterocycles. The maximum absolute atomic E-state index is 13.0. The molecular formula is C21H24F3N7. The van der Waals surface area contributed by atoms with Crippen LogP contribution in [0.4, 0.5) is 18.9 Å². The fourth-order valence-corrected chi connectivity index (χ4v) is 3.74. The molecule has 1 saturated heterocycles. The van der Waals surface area contributed by atoms with Gasteiger partial charge in [-0.1, -0.05) is 12.1 Å². The van der Waals surface area contributed by atoms with Gasteiger partial charge in [0.2, 0.25) is 0 Å². The van der Waals surface area contributed by atoms with Crippen molar-refractivity contribution in [1.29, 1.82) is 0 Å². The molecular weight excluding hydrogens is 407 g/mol. The maximum atomic E-state index is 13.0. The Bertz CT molecular complexity index is 1050. The predicted molar refractivity (Wildman–Crippen MR) is 113 cm³/mol. The minimum atomic E-state index is -4.33. The molecule has 1 aromatic carbocycles. The first-order valence-corrected chi connectivity index (χ1v) is 10.1. The first-order valence-electron chi connectivity index (χ1n) is 10.1. The molecule has 1 N–H and O–H groups in total. The maximum Gasteiger partial charge on any atom is 0.416 e. The molecule has 0 amide bonds. The van der Waals surface area contributed by atoms with Crippen molar-refractivity contribution in [3.05, 3.63) is 60.0 Å². The van der Waals surface area contributed by atoms with Crippen molar-refractivity contribution < 1.29 is 13.2 Å². The quantitative estimate of drug-likeness (QED) is 0.509. The number of anilines is 1. The van der Waals surface area contributed by atoms with Crippen LogP contribution in [0.25, 0.3) is 5.65 Å². The summed E-state index contributed by atoms with van der Waals surface area (Å²) in [6.07, 6.45) is -1.71. The highest BCUT2D eigenvalue weighted by Crippen LogP contribution is 2.31. The lowest BCUT2D eigenvalue weighted by Gasteiger charge is -2.37. The number of alkyl halides is 3. The van der Waals surface area contributed by atoms with E-state index in [0.717, 1.165) is 23.5 Å². The van der Waals surface area contributed by atoms with E-state index in [1.165, 1.54) is 12.1 Å². The molecule has 0 bridgehead atoms. The van der Waals surface area contributed by atoms with Crippen LogP contribution in [-0.2, 0) is 12.6 Å². The number of rotatable bonds is 4. The van der Waals surface area contributed by atoms with E-state index >= 15 is 0 Å². The van der Waals surface area contributed by atoms with Crippen molar-refractivity contribution in [2.24, 2.45) is 4.99 Å². The first-order chi connectivity index (χ1) is 15.0. The summed E-state index contributed by atoms with van der Waals surface area (Å²) in [5, 5.41) is 11.7. The number of fused-ring (bicyclic) bond motifs is 1. The summed E-state index contributed by atoms with van der Waals surface area (Å²) in [4.78, 5) is 8.45. The SMILES string of the molecule is CN=C(NCCc1nnc2ccccn12)N1CCN(c2cccc(C(F)(F)F)c2)CC1. The van der Waals surface area contributed by atoms with Crippen LogP contribution in [0.2, 0.25) is 0 Å². The third kappa shape index (κ3) is 4.73. The zero-order chi connectivity index (χ0) is 21.8. The van der Waals surface area contributed by atoms with Gasteiger partial charge in [-0.3, -0.25) is 9.39 Å². The number of pyridine rings is 1. The Morgan fingerprint density at radius 2 is 1.87 bits per heavy atom. The molecule has 1 aliphatic rings. The lowest BCUT2D eigenvalue weighted by molar-refractivity contribution is -0.137. The van der Waals surface area contributed by atoms with Gasteiger partial charge >= 0.3 is 6.18 Å². The molecule has 3 aromatic rings. The third-order valence-corrected chi connectivity index (χ3v) is 5.35. The van der Waals surface area contributed by atoms with Gasteiger partial charge in [-0.05, 0) is 30.3 Å². The Hall–Kier alpha value is -3.30. The van der Waals surface area contributed by atoms with Crippen molar-refractivity contribution in [2.45, 2.75) is 12.6 Å². The van der Waals surface area contributed by atoms with Gasteiger partial charge in [-0.15, -0.1) is 10.2 Å². The second-order valence-electron chi connectivity index (χ2n) is 7.29. The highest BCUT2D eigenvalue weighted by molar-refractivity contribution is 5.80. The molecule has 0 radical (unpaired) electrons. The number of guanidine groups is 1. The molecule has 7 nitrogen and oxygen atoms in total. The van der Waals surface area contributed by atoms with Gasteiger partial charge in [0.05, 0.1) is 5.56 Å². The molecule has 0 spiro atoms. The standard InChI is InChI=1S/C21H24F3N7/c1-25-20(26-9-8-19-28-27-18-7-2-3-10-31(18)19)30-13-11-29(12-14-30)17-6-4-5-16(15-17)21(22,23)24/h2-7,10,15H,8-9,11-14H2,1H3,(H,25,26). The lowest BCUT2D eigenvalue weighted by atomic mass is 10.1. The number of hydrogen-bond acceptors (Lipinski definition) is 4. The van der Waals surface area contributed by atoms with E-state index in [2.05, 4.69) is 25.4 Å². The zero-order valence-corrected chi connectivity index (χ0v) is 17.2. The molecule has 164 valence electrons. The van der Waals surface area contributed by atoms with Gasteiger partial charge in [0, 0.05) is 58.1 Å². The second-order valence-corrected chi connectivity index (χ2v) is 7.29. The van der Waals surface area contributed by atoms with Gasteiger partial charge in [-0.25, -0.2) is 0 Å². The summed E-state index contributed by atoms with van der Waals surface area (Å²) in [5.74, 6) is 1.64. The summed E-state index contributed by atoms with van der Waals surface area (Å²) < 4.78 is 40.9. The minimum absolute atomic E-state index is 0.594. The van der Waals surface area contributed by atoms with Gasteiger partial charge in [0.15, 0.2) is 11.6 Å². The molecule has 0 unspecified atom stereocenters. The van der Waals surface area contributed by atoms with Crippen molar-refractivity contribution >= 4 is 17.3 Å². The van der Waals surface area contributed by atoms with Crippen LogP contribution in [0.1, 0.15) is 11.4 Å². The molecule has 10 heteroatoms. The predicted octanol–water partition coefficient (Wildman–Crippen LogP) is 2.69. The summed E-state index contributed by atoms with van der Waals surface area (Å²) in [6, 6.07) is 11.3. The Morgan fingerprint density at radius 1 is 1.06 bits per heavy atom. The van der Waals surface area contributed by atoms with Crippen molar-refractivity contribution in [3.8, 4) is 0 Å². The average molecular weight is 431 g/mol. The van der Waals surface area contributed by atoms with Gasteiger partial charge in [-0.2, -0.15) is 13.2 Å². The van der Waals surface area contributed by atoms with Crippen LogP contribution in [0.15, 0.2) is 53.7 Å². The fraction of sp³-hybridized carbons (Fsp3) is 0.381. The smallest absolute Gasteiger partial charge is 0.368 e. The number of hydrogen-bond donors (Lipinski definition) is 1. The van der Waals surface area contributed by atoms with Crippen LogP contribution < -0.4 is 10.2 Å². The molecule has 1 fully saturated rings. The largest absolute Gasteiger partial charge is 0.416 e. The summed E-state index contributed by atoms with van der Waals surface area (Å²) >= 11 is 0. The molecule has 0 atom stereocenters. The average Bonchev–Trinajstić information content (AvgIpc) is 3.20. The Balaban J connectivity index is 1.31. The van der Waals surface area contributed by atoms with Crippen molar-refractivity contribution in [3.63, 3.8) is 0 Å². The fourth-order valence-electron chi connectivity index (χ4n) is 3.74. The van der Waals surface area contributed by atoms with Gasteiger partial charge in [0.25, 0.3) is 0 Å². The van der Waals surface area contributed by atoms with E-state index in [-0.39, 0.29) is 0 Å². The molecule has 2 aromatic heterocycles. The van der Waals surface area contributed by atoms with E-state index in [1.807, 2.05) is 33.7 Å². The normalized spacial score (nSPS) is 15.5. The highest BCUT2D eigenvalue weighted by Gasteiger charge is 2.31. The topological polar surface area (TPSA) is 61.1 Å². The highest BCUT2D eigenvalue weighted by atomic mass is 19.4. The first kappa shape index (κ1) is 21.0. The van der Waals surface area contributed by atoms with E-state index in [1.54, 1.807) is 13.1 Å². The van der Waals surface area contributed by atoms with E-state index in [9.17, 15) is 13.2 Å². The number of aromatic nitrogens is 3. The Kier molecular flexibility index (Phi) is 5.97. The van der Waals surface area contributed by atoms with E-state index < -0.39 is 11.7 Å². The monoisotopic (exact) mass is 431 g/mol. The molecule has 31 heavy (non-hydrogen) atoms. The number of aliphatic imine (C=N–C) groups is 1. The summed E-state index contributed by atoms with van der Waals surface area (Å²) in [7, 11) is 1.73. The molecule has 0 aliphatic carbocycles. The van der Waals surface area contributed by atoms with Crippen LogP contribution in [0.3, 0.4) is 0 Å². The third-order valence-electron chi connectivity index (χ3n) is 5.35. The lowest BCUT2D eigenvalue weighted by Crippen LogP contribution is -2.52. The van der Waals surface area contributed by atoms with Crippen molar-refractivity contribution in [2.75, 3.05) is 44.7 Å².